The minimum Gasteiger partial charge on any atom is -0.493 e. The molecule has 0 spiro atoms. The fourth-order valence-corrected chi connectivity index (χ4v) is 1.81. The van der Waals surface area contributed by atoms with Crippen LogP contribution >= 0.6 is 0 Å². The van der Waals surface area contributed by atoms with E-state index < -0.39 is 0 Å². The minimum atomic E-state index is 0.0831. The molecule has 0 aliphatic rings. The van der Waals surface area contributed by atoms with Crippen LogP contribution in [-0.2, 0) is 4.79 Å². The van der Waals surface area contributed by atoms with E-state index >= 15 is 0 Å². The Labute approximate surface area is 114 Å². The van der Waals surface area contributed by atoms with Crippen LogP contribution in [0.3, 0.4) is 0 Å². The Hall–Kier alpha value is -1.91. The number of methoxy groups -OCH3 is 2. The molecule has 0 aromatic heterocycles. The summed E-state index contributed by atoms with van der Waals surface area (Å²) in [6.07, 6.45) is 0. The van der Waals surface area contributed by atoms with Crippen molar-refractivity contribution in [3.8, 4) is 11.5 Å². The van der Waals surface area contributed by atoms with Gasteiger partial charge in [-0.3, -0.25) is 4.79 Å². The first-order chi connectivity index (χ1) is 9.15. The van der Waals surface area contributed by atoms with E-state index in [0.717, 1.165) is 18.8 Å². The monoisotopic (exact) mass is 266 g/mol. The molecule has 0 radical (unpaired) electrons. The van der Waals surface area contributed by atoms with E-state index in [9.17, 15) is 4.79 Å². The molecule has 1 N–H and O–H groups in total. The molecule has 106 valence electrons. The number of benzene rings is 1. The molecule has 0 bridgehead atoms. The highest BCUT2D eigenvalue weighted by Crippen LogP contribution is 2.29. The molecule has 0 aliphatic heterocycles. The van der Waals surface area contributed by atoms with Gasteiger partial charge >= 0.3 is 0 Å². The Morgan fingerprint density at radius 3 is 2.32 bits per heavy atom. The van der Waals surface area contributed by atoms with Crippen molar-refractivity contribution < 1.29 is 14.3 Å². The Morgan fingerprint density at radius 1 is 1.16 bits per heavy atom. The molecule has 19 heavy (non-hydrogen) atoms. The third-order valence-corrected chi connectivity index (χ3v) is 2.94. The van der Waals surface area contributed by atoms with E-state index in [2.05, 4.69) is 5.32 Å². The van der Waals surface area contributed by atoms with Gasteiger partial charge in [-0.05, 0) is 26.0 Å². The largest absolute Gasteiger partial charge is 0.493 e. The highest BCUT2D eigenvalue weighted by Gasteiger charge is 2.10. The van der Waals surface area contributed by atoms with Gasteiger partial charge in [-0.1, -0.05) is 0 Å². The fraction of sp³-hybridized carbons (Fsp3) is 0.500. The van der Waals surface area contributed by atoms with Gasteiger partial charge in [0, 0.05) is 24.8 Å². The van der Waals surface area contributed by atoms with Crippen LogP contribution in [0.4, 0.5) is 5.69 Å². The molecule has 1 aromatic carbocycles. The number of hydrogen-bond acceptors (Lipinski definition) is 4. The standard InChI is InChI=1S/C14H22N2O3/c1-5-16(6-2)14(17)10-15-11-7-8-12(18-3)13(9-11)19-4/h7-9,15H,5-6,10H2,1-4H3. The summed E-state index contributed by atoms with van der Waals surface area (Å²) in [4.78, 5) is 13.6. The second-order valence-electron chi connectivity index (χ2n) is 3.99. The van der Waals surface area contributed by atoms with Gasteiger partial charge in [-0.25, -0.2) is 0 Å². The zero-order valence-corrected chi connectivity index (χ0v) is 12.0. The van der Waals surface area contributed by atoms with Crippen molar-refractivity contribution in [3.63, 3.8) is 0 Å². The van der Waals surface area contributed by atoms with Gasteiger partial charge in [0.05, 0.1) is 20.8 Å². The number of anilines is 1. The van der Waals surface area contributed by atoms with Gasteiger partial charge in [-0.2, -0.15) is 0 Å². The first-order valence-corrected chi connectivity index (χ1v) is 6.39. The predicted molar refractivity (Wildman–Crippen MR) is 76.0 cm³/mol. The number of hydrogen-bond donors (Lipinski definition) is 1. The number of rotatable bonds is 7. The summed E-state index contributed by atoms with van der Waals surface area (Å²) in [6, 6.07) is 5.48. The molecule has 0 fully saturated rings. The molecule has 0 atom stereocenters. The van der Waals surface area contributed by atoms with Crippen LogP contribution in [0, 0.1) is 0 Å². The molecule has 0 saturated carbocycles. The Balaban J connectivity index is 2.65. The van der Waals surface area contributed by atoms with Gasteiger partial charge in [0.25, 0.3) is 0 Å². The molecule has 5 nitrogen and oxygen atoms in total. The third-order valence-electron chi connectivity index (χ3n) is 2.94. The van der Waals surface area contributed by atoms with Gasteiger partial charge in [0.1, 0.15) is 0 Å². The maximum absolute atomic E-state index is 11.9. The van der Waals surface area contributed by atoms with Gasteiger partial charge in [0.2, 0.25) is 5.91 Å². The summed E-state index contributed by atoms with van der Waals surface area (Å²) in [6.45, 7) is 5.67. The maximum atomic E-state index is 11.9. The number of carbonyl (C=O) groups excluding carboxylic acids is 1. The fourth-order valence-electron chi connectivity index (χ4n) is 1.81. The molecule has 0 saturated heterocycles. The third kappa shape index (κ3) is 4.05. The first kappa shape index (κ1) is 15.1. The summed E-state index contributed by atoms with van der Waals surface area (Å²) in [5, 5.41) is 3.09. The van der Waals surface area contributed by atoms with Crippen molar-refractivity contribution in [2.75, 3.05) is 39.2 Å². The topological polar surface area (TPSA) is 50.8 Å². The van der Waals surface area contributed by atoms with Crippen LogP contribution in [0.15, 0.2) is 18.2 Å². The van der Waals surface area contributed by atoms with E-state index in [1.54, 1.807) is 19.1 Å². The molecule has 0 aliphatic carbocycles. The molecule has 0 heterocycles. The van der Waals surface area contributed by atoms with E-state index in [-0.39, 0.29) is 12.5 Å². The van der Waals surface area contributed by atoms with Crippen LogP contribution in [0.25, 0.3) is 0 Å². The predicted octanol–water partition coefficient (Wildman–Crippen LogP) is 1.98. The Morgan fingerprint density at radius 2 is 1.79 bits per heavy atom. The quantitative estimate of drug-likeness (QED) is 0.820. The lowest BCUT2D eigenvalue weighted by Gasteiger charge is -2.19. The minimum absolute atomic E-state index is 0.0831. The normalized spacial score (nSPS) is 9.89. The number of nitrogens with one attached hydrogen (secondary N) is 1. The molecular formula is C14H22N2O3. The van der Waals surface area contributed by atoms with Gasteiger partial charge in [-0.15, -0.1) is 0 Å². The molecule has 0 unspecified atom stereocenters. The molecule has 1 aromatic rings. The van der Waals surface area contributed by atoms with E-state index in [1.165, 1.54) is 0 Å². The number of likely N-dealkylation sites (N-methyl/N-ethyl adjacent to an activating group) is 1. The summed E-state index contributed by atoms with van der Waals surface area (Å²) < 4.78 is 10.4. The zero-order chi connectivity index (χ0) is 14.3. The summed E-state index contributed by atoms with van der Waals surface area (Å²) in [7, 11) is 3.18. The maximum Gasteiger partial charge on any atom is 0.241 e. The highest BCUT2D eigenvalue weighted by molar-refractivity contribution is 5.81. The lowest BCUT2D eigenvalue weighted by molar-refractivity contribution is -0.128. The van der Waals surface area contributed by atoms with Crippen molar-refractivity contribution in [2.24, 2.45) is 0 Å². The van der Waals surface area contributed by atoms with Crippen LogP contribution in [0.1, 0.15) is 13.8 Å². The summed E-state index contributed by atoms with van der Waals surface area (Å²) in [5.41, 5.74) is 0.832. The second-order valence-corrected chi connectivity index (χ2v) is 3.99. The average Bonchev–Trinajstić information content (AvgIpc) is 2.45. The molecule has 1 rings (SSSR count). The van der Waals surface area contributed by atoms with Crippen molar-refractivity contribution in [3.05, 3.63) is 18.2 Å². The van der Waals surface area contributed by atoms with Crippen molar-refractivity contribution in [1.29, 1.82) is 0 Å². The van der Waals surface area contributed by atoms with E-state index in [0.29, 0.717) is 11.5 Å². The lowest BCUT2D eigenvalue weighted by atomic mass is 10.2. The molecular weight excluding hydrogens is 244 g/mol. The van der Waals surface area contributed by atoms with Crippen LogP contribution < -0.4 is 14.8 Å². The van der Waals surface area contributed by atoms with Crippen molar-refractivity contribution in [2.45, 2.75) is 13.8 Å². The number of ether oxygens (including phenoxy) is 2. The zero-order valence-electron chi connectivity index (χ0n) is 12.0. The summed E-state index contributed by atoms with van der Waals surface area (Å²) in [5.74, 6) is 1.39. The first-order valence-electron chi connectivity index (χ1n) is 6.39. The number of carbonyl (C=O) groups is 1. The SMILES string of the molecule is CCN(CC)C(=O)CNc1ccc(OC)c(OC)c1. The second kappa shape index (κ2) is 7.51. The number of nitrogens with zero attached hydrogens (tertiary/aromatic N) is 1. The highest BCUT2D eigenvalue weighted by atomic mass is 16.5. The summed E-state index contributed by atoms with van der Waals surface area (Å²) >= 11 is 0. The lowest BCUT2D eigenvalue weighted by Crippen LogP contribution is -2.35. The van der Waals surface area contributed by atoms with Crippen molar-refractivity contribution in [1.82, 2.24) is 4.90 Å². The molecule has 1 amide bonds. The van der Waals surface area contributed by atoms with Gasteiger partial charge < -0.3 is 19.7 Å². The van der Waals surface area contributed by atoms with Gasteiger partial charge in [0.15, 0.2) is 11.5 Å². The average molecular weight is 266 g/mol. The Kier molecular flexibility index (Phi) is 5.99. The smallest absolute Gasteiger partial charge is 0.241 e. The van der Waals surface area contributed by atoms with E-state index in [1.807, 2.05) is 32.0 Å². The Bertz CT molecular complexity index is 417. The van der Waals surface area contributed by atoms with Crippen LogP contribution in [0.5, 0.6) is 11.5 Å². The number of amides is 1. The van der Waals surface area contributed by atoms with Crippen molar-refractivity contribution >= 4 is 11.6 Å². The van der Waals surface area contributed by atoms with Crippen LogP contribution in [0.2, 0.25) is 0 Å². The van der Waals surface area contributed by atoms with E-state index in [4.69, 9.17) is 9.47 Å². The molecule has 5 heteroatoms. The van der Waals surface area contributed by atoms with Crippen LogP contribution in [-0.4, -0.2) is 44.7 Å².